The number of carbonyl (C=O) groups excluding carboxylic acids is 2. The lowest BCUT2D eigenvalue weighted by Gasteiger charge is -2.10. The van der Waals surface area contributed by atoms with E-state index in [2.05, 4.69) is 12.2 Å². The van der Waals surface area contributed by atoms with Crippen molar-refractivity contribution in [2.24, 2.45) is 0 Å². The minimum atomic E-state index is -0.250. The minimum Gasteiger partial charge on any atom is -0.350 e. The largest absolute Gasteiger partial charge is 0.350 e. The molecule has 3 nitrogen and oxygen atoms in total. The van der Waals surface area contributed by atoms with E-state index in [1.165, 1.54) is 0 Å². The van der Waals surface area contributed by atoms with E-state index < -0.39 is 0 Å². The highest BCUT2D eigenvalue weighted by molar-refractivity contribution is 6.34. The van der Waals surface area contributed by atoms with Gasteiger partial charge in [-0.15, -0.1) is 0 Å². The molecule has 100 valence electrons. The molecule has 1 aromatic carbocycles. The van der Waals surface area contributed by atoms with Crippen LogP contribution in [0.3, 0.4) is 0 Å². The standard InChI is InChI=1S/C16H19NO2/c1-4-7-12-11-8-5-6-9-13(11)15(18)14(12)16(19)17-10(2)3/h5-6,8-10H,4,7H2,1-3H3,(H,17,19). The average Bonchev–Trinajstić information content (AvgIpc) is 2.63. The van der Waals surface area contributed by atoms with Crippen LogP contribution in [0.2, 0.25) is 0 Å². The van der Waals surface area contributed by atoms with Crippen molar-refractivity contribution >= 4 is 17.3 Å². The maximum Gasteiger partial charge on any atom is 0.255 e. The van der Waals surface area contributed by atoms with Crippen LogP contribution in [0.4, 0.5) is 0 Å². The van der Waals surface area contributed by atoms with Crippen LogP contribution in [0.1, 0.15) is 49.5 Å². The highest BCUT2D eigenvalue weighted by Gasteiger charge is 2.33. The highest BCUT2D eigenvalue weighted by atomic mass is 16.2. The Morgan fingerprint density at radius 1 is 1.21 bits per heavy atom. The third-order valence-corrected chi connectivity index (χ3v) is 3.17. The Kier molecular flexibility index (Phi) is 3.84. The number of Topliss-reactive ketones (excluding diaryl/α,β-unsaturated/α-hetero) is 1. The molecule has 0 aliphatic heterocycles. The molecule has 0 bridgehead atoms. The summed E-state index contributed by atoms with van der Waals surface area (Å²) in [7, 11) is 0. The first-order valence-electron chi connectivity index (χ1n) is 6.74. The van der Waals surface area contributed by atoms with Crippen molar-refractivity contribution < 1.29 is 9.59 Å². The van der Waals surface area contributed by atoms with Gasteiger partial charge in [-0.1, -0.05) is 37.6 Å². The first-order valence-corrected chi connectivity index (χ1v) is 6.74. The Morgan fingerprint density at radius 2 is 1.84 bits per heavy atom. The lowest BCUT2D eigenvalue weighted by Crippen LogP contribution is -2.33. The van der Waals surface area contributed by atoms with E-state index in [4.69, 9.17) is 0 Å². The molecule has 0 saturated carbocycles. The van der Waals surface area contributed by atoms with Gasteiger partial charge in [0.1, 0.15) is 0 Å². The zero-order chi connectivity index (χ0) is 14.0. The molecule has 0 spiro atoms. The SMILES string of the molecule is CCCC1=C(C(=O)NC(C)C)C(=O)c2ccccc21. The number of rotatable bonds is 4. The predicted molar refractivity (Wildman–Crippen MR) is 75.9 cm³/mol. The smallest absolute Gasteiger partial charge is 0.255 e. The number of carbonyl (C=O) groups is 2. The summed E-state index contributed by atoms with van der Waals surface area (Å²) in [5, 5.41) is 2.82. The van der Waals surface area contributed by atoms with Crippen LogP contribution in [-0.4, -0.2) is 17.7 Å². The van der Waals surface area contributed by atoms with Gasteiger partial charge in [-0.25, -0.2) is 0 Å². The molecule has 1 N–H and O–H groups in total. The molecule has 0 heterocycles. The summed E-state index contributed by atoms with van der Waals surface area (Å²) in [5.74, 6) is -0.392. The van der Waals surface area contributed by atoms with Gasteiger partial charge in [0.2, 0.25) is 0 Å². The van der Waals surface area contributed by atoms with Crippen molar-refractivity contribution in [3.8, 4) is 0 Å². The normalized spacial score (nSPS) is 14.0. The Morgan fingerprint density at radius 3 is 2.42 bits per heavy atom. The number of allylic oxidation sites excluding steroid dienone is 1. The Labute approximate surface area is 113 Å². The number of hydrogen-bond acceptors (Lipinski definition) is 2. The molecular weight excluding hydrogens is 238 g/mol. The van der Waals surface area contributed by atoms with Gasteiger partial charge in [-0.3, -0.25) is 9.59 Å². The van der Waals surface area contributed by atoms with Crippen LogP contribution in [0.15, 0.2) is 29.8 Å². The number of fused-ring (bicyclic) bond motifs is 1. The van der Waals surface area contributed by atoms with Gasteiger partial charge >= 0.3 is 0 Å². The fraction of sp³-hybridized carbons (Fsp3) is 0.375. The van der Waals surface area contributed by atoms with Crippen LogP contribution in [0, 0.1) is 0 Å². The van der Waals surface area contributed by atoms with Crippen molar-refractivity contribution in [1.29, 1.82) is 0 Å². The van der Waals surface area contributed by atoms with Crippen LogP contribution in [0.5, 0.6) is 0 Å². The van der Waals surface area contributed by atoms with E-state index in [0.717, 1.165) is 24.0 Å². The fourth-order valence-corrected chi connectivity index (χ4v) is 2.43. The van der Waals surface area contributed by atoms with Crippen molar-refractivity contribution in [1.82, 2.24) is 5.32 Å². The van der Waals surface area contributed by atoms with Crippen molar-refractivity contribution in [3.63, 3.8) is 0 Å². The average molecular weight is 257 g/mol. The molecule has 0 atom stereocenters. The van der Waals surface area contributed by atoms with E-state index in [1.807, 2.05) is 32.0 Å². The zero-order valence-electron chi connectivity index (χ0n) is 11.6. The second-order valence-corrected chi connectivity index (χ2v) is 5.11. The third-order valence-electron chi connectivity index (χ3n) is 3.17. The first-order chi connectivity index (χ1) is 9.06. The quantitative estimate of drug-likeness (QED) is 0.843. The number of ketones is 1. The topological polar surface area (TPSA) is 46.2 Å². The van der Waals surface area contributed by atoms with Crippen molar-refractivity contribution in [2.45, 2.75) is 39.7 Å². The van der Waals surface area contributed by atoms with Gasteiger partial charge in [0, 0.05) is 11.6 Å². The van der Waals surface area contributed by atoms with Gasteiger partial charge in [0.05, 0.1) is 5.57 Å². The maximum absolute atomic E-state index is 12.4. The van der Waals surface area contributed by atoms with Gasteiger partial charge in [-0.2, -0.15) is 0 Å². The van der Waals surface area contributed by atoms with E-state index in [1.54, 1.807) is 6.07 Å². The van der Waals surface area contributed by atoms with E-state index in [-0.39, 0.29) is 17.7 Å². The molecule has 0 unspecified atom stereocenters. The van der Waals surface area contributed by atoms with Gasteiger partial charge in [0.15, 0.2) is 5.78 Å². The molecule has 3 heteroatoms. The lowest BCUT2D eigenvalue weighted by molar-refractivity contribution is -0.117. The van der Waals surface area contributed by atoms with Crippen LogP contribution in [0.25, 0.3) is 5.57 Å². The maximum atomic E-state index is 12.4. The van der Waals surface area contributed by atoms with Crippen LogP contribution >= 0.6 is 0 Å². The summed E-state index contributed by atoms with van der Waals surface area (Å²) in [4.78, 5) is 24.6. The van der Waals surface area contributed by atoms with Crippen LogP contribution in [-0.2, 0) is 4.79 Å². The second-order valence-electron chi connectivity index (χ2n) is 5.11. The molecule has 1 amide bonds. The van der Waals surface area contributed by atoms with Gasteiger partial charge in [0.25, 0.3) is 5.91 Å². The highest BCUT2D eigenvalue weighted by Crippen LogP contribution is 2.35. The Bertz CT molecular complexity index is 556. The Hall–Kier alpha value is -1.90. The van der Waals surface area contributed by atoms with Gasteiger partial charge in [-0.05, 0) is 31.4 Å². The summed E-state index contributed by atoms with van der Waals surface area (Å²) >= 11 is 0. The summed E-state index contributed by atoms with van der Waals surface area (Å²) in [6.45, 7) is 5.84. The summed E-state index contributed by atoms with van der Waals surface area (Å²) in [6.07, 6.45) is 1.67. The molecule has 0 saturated heterocycles. The number of hydrogen-bond donors (Lipinski definition) is 1. The number of benzene rings is 1. The van der Waals surface area contributed by atoms with E-state index in [9.17, 15) is 9.59 Å². The molecular formula is C16H19NO2. The van der Waals surface area contributed by atoms with Gasteiger partial charge < -0.3 is 5.32 Å². The van der Waals surface area contributed by atoms with Crippen molar-refractivity contribution in [2.75, 3.05) is 0 Å². The fourth-order valence-electron chi connectivity index (χ4n) is 2.43. The summed E-state index contributed by atoms with van der Waals surface area (Å²) in [6, 6.07) is 7.49. The molecule has 0 aromatic heterocycles. The zero-order valence-corrected chi connectivity index (χ0v) is 11.6. The monoisotopic (exact) mass is 257 g/mol. The Balaban J connectivity index is 2.47. The third kappa shape index (κ3) is 2.46. The first kappa shape index (κ1) is 13.5. The second kappa shape index (κ2) is 5.39. The molecule has 1 aromatic rings. The molecule has 0 fully saturated rings. The molecule has 19 heavy (non-hydrogen) atoms. The van der Waals surface area contributed by atoms with E-state index in [0.29, 0.717) is 11.1 Å². The molecule has 1 aliphatic rings. The summed E-state index contributed by atoms with van der Waals surface area (Å²) in [5.41, 5.74) is 2.79. The van der Waals surface area contributed by atoms with E-state index >= 15 is 0 Å². The summed E-state index contributed by atoms with van der Waals surface area (Å²) < 4.78 is 0. The number of nitrogens with one attached hydrogen (secondary N) is 1. The van der Waals surface area contributed by atoms with Crippen LogP contribution < -0.4 is 5.32 Å². The minimum absolute atomic E-state index is 0.0272. The molecule has 0 radical (unpaired) electrons. The predicted octanol–water partition coefficient (Wildman–Crippen LogP) is 2.96. The number of amides is 1. The van der Waals surface area contributed by atoms with Crippen molar-refractivity contribution in [3.05, 3.63) is 41.0 Å². The lowest BCUT2D eigenvalue weighted by atomic mass is 10.0. The molecule has 1 aliphatic carbocycles. The molecule has 2 rings (SSSR count).